The van der Waals surface area contributed by atoms with E-state index >= 15 is 0 Å². The first-order chi connectivity index (χ1) is 9.33. The molecular weight excluding hydrogens is 254 g/mol. The van der Waals surface area contributed by atoms with Crippen molar-refractivity contribution in [1.29, 1.82) is 0 Å². The van der Waals surface area contributed by atoms with E-state index in [1.54, 1.807) is 18.0 Å². The largest absolute Gasteiger partial charge is 0.264 e. The summed E-state index contributed by atoms with van der Waals surface area (Å²) in [5.41, 5.74) is 4.07. The Balaban J connectivity index is 1.86. The molecule has 4 heteroatoms. The standard InChI is InChI=1S/C15H13N3S/c1-11-15(19-10-12-5-4-8-16-9-12)18-14-7-3-2-6-13(14)17-11/h2-9H,10H2,1H3. The highest BCUT2D eigenvalue weighted by molar-refractivity contribution is 7.98. The summed E-state index contributed by atoms with van der Waals surface area (Å²) in [6, 6.07) is 12.0. The number of nitrogens with zero attached hydrogens (tertiary/aromatic N) is 3. The Morgan fingerprint density at radius 1 is 1.00 bits per heavy atom. The first-order valence-corrected chi connectivity index (χ1v) is 7.06. The van der Waals surface area contributed by atoms with Crippen LogP contribution in [0.3, 0.4) is 0 Å². The second-order valence-corrected chi connectivity index (χ2v) is 5.22. The van der Waals surface area contributed by atoms with Crippen molar-refractivity contribution >= 4 is 22.8 Å². The molecule has 0 bridgehead atoms. The molecule has 2 heterocycles. The Bertz CT molecular complexity index is 698. The Morgan fingerprint density at radius 3 is 2.53 bits per heavy atom. The van der Waals surface area contributed by atoms with Crippen molar-refractivity contribution in [2.75, 3.05) is 0 Å². The normalized spacial score (nSPS) is 10.8. The number of para-hydroxylation sites is 2. The van der Waals surface area contributed by atoms with Crippen LogP contribution >= 0.6 is 11.8 Å². The minimum Gasteiger partial charge on any atom is -0.264 e. The Kier molecular flexibility index (Phi) is 3.42. The van der Waals surface area contributed by atoms with Crippen LogP contribution in [0.25, 0.3) is 11.0 Å². The van der Waals surface area contributed by atoms with Crippen LogP contribution in [0.15, 0.2) is 53.8 Å². The second-order valence-electron chi connectivity index (χ2n) is 4.25. The molecule has 0 fully saturated rings. The summed E-state index contributed by atoms with van der Waals surface area (Å²) in [5, 5.41) is 0.988. The summed E-state index contributed by atoms with van der Waals surface area (Å²) in [5.74, 6) is 0.863. The van der Waals surface area contributed by atoms with Gasteiger partial charge in [-0.1, -0.05) is 30.0 Å². The Hall–Kier alpha value is -1.94. The fraction of sp³-hybridized carbons (Fsp3) is 0.133. The Labute approximate surface area is 116 Å². The van der Waals surface area contributed by atoms with E-state index in [0.29, 0.717) is 0 Å². The molecule has 0 aliphatic rings. The van der Waals surface area contributed by atoms with Crippen molar-refractivity contribution in [1.82, 2.24) is 15.0 Å². The van der Waals surface area contributed by atoms with Crippen LogP contribution in [0.1, 0.15) is 11.3 Å². The molecule has 0 amide bonds. The third kappa shape index (κ3) is 2.74. The Morgan fingerprint density at radius 2 is 1.79 bits per heavy atom. The molecule has 0 aliphatic heterocycles. The van der Waals surface area contributed by atoms with Gasteiger partial charge in [0.05, 0.1) is 16.7 Å². The molecule has 2 aromatic heterocycles. The predicted molar refractivity (Wildman–Crippen MR) is 78.1 cm³/mol. The number of benzene rings is 1. The maximum atomic E-state index is 4.67. The van der Waals surface area contributed by atoms with E-state index in [1.165, 1.54) is 5.56 Å². The number of rotatable bonds is 3. The highest BCUT2D eigenvalue weighted by Crippen LogP contribution is 2.24. The number of fused-ring (bicyclic) bond motifs is 1. The lowest BCUT2D eigenvalue weighted by molar-refractivity contribution is 1.04. The monoisotopic (exact) mass is 267 g/mol. The van der Waals surface area contributed by atoms with E-state index in [9.17, 15) is 0 Å². The zero-order valence-corrected chi connectivity index (χ0v) is 11.4. The summed E-state index contributed by atoms with van der Waals surface area (Å²) in [4.78, 5) is 13.4. The van der Waals surface area contributed by atoms with E-state index in [2.05, 4.69) is 21.0 Å². The summed E-state index contributed by atoms with van der Waals surface area (Å²) in [6.07, 6.45) is 3.67. The molecule has 0 aliphatic carbocycles. The minimum absolute atomic E-state index is 0.863. The van der Waals surface area contributed by atoms with Gasteiger partial charge < -0.3 is 0 Å². The second kappa shape index (κ2) is 5.36. The smallest absolute Gasteiger partial charge is 0.118 e. The number of thioether (sulfide) groups is 1. The van der Waals surface area contributed by atoms with Crippen LogP contribution in [-0.4, -0.2) is 15.0 Å². The molecule has 0 radical (unpaired) electrons. The van der Waals surface area contributed by atoms with E-state index < -0.39 is 0 Å². The molecule has 3 rings (SSSR count). The number of aromatic nitrogens is 3. The fourth-order valence-corrected chi connectivity index (χ4v) is 2.74. The molecule has 94 valence electrons. The van der Waals surface area contributed by atoms with Crippen molar-refractivity contribution in [3.8, 4) is 0 Å². The van der Waals surface area contributed by atoms with Crippen molar-refractivity contribution in [3.63, 3.8) is 0 Å². The van der Waals surface area contributed by atoms with E-state index in [-0.39, 0.29) is 0 Å². The first-order valence-electron chi connectivity index (χ1n) is 6.08. The van der Waals surface area contributed by atoms with Gasteiger partial charge in [-0.05, 0) is 30.7 Å². The molecule has 3 nitrogen and oxygen atoms in total. The number of hydrogen-bond donors (Lipinski definition) is 0. The highest BCUT2D eigenvalue weighted by Gasteiger charge is 2.05. The lowest BCUT2D eigenvalue weighted by atomic mass is 10.3. The van der Waals surface area contributed by atoms with E-state index in [1.807, 2.05) is 43.5 Å². The van der Waals surface area contributed by atoms with Gasteiger partial charge in [0.25, 0.3) is 0 Å². The van der Waals surface area contributed by atoms with Gasteiger partial charge in [0.2, 0.25) is 0 Å². The van der Waals surface area contributed by atoms with Gasteiger partial charge in [-0.15, -0.1) is 0 Å². The van der Waals surface area contributed by atoms with Gasteiger partial charge >= 0.3 is 0 Å². The third-order valence-corrected chi connectivity index (χ3v) is 3.94. The molecule has 0 saturated heterocycles. The van der Waals surface area contributed by atoms with Crippen LogP contribution < -0.4 is 0 Å². The zero-order valence-electron chi connectivity index (χ0n) is 10.6. The van der Waals surface area contributed by atoms with Crippen LogP contribution in [0.4, 0.5) is 0 Å². The lowest BCUT2D eigenvalue weighted by Crippen LogP contribution is -1.93. The maximum absolute atomic E-state index is 4.67. The van der Waals surface area contributed by atoms with Crippen LogP contribution in [0.5, 0.6) is 0 Å². The molecule has 0 unspecified atom stereocenters. The lowest BCUT2D eigenvalue weighted by Gasteiger charge is -2.06. The number of pyridine rings is 1. The minimum atomic E-state index is 0.863. The topological polar surface area (TPSA) is 38.7 Å². The van der Waals surface area contributed by atoms with Gasteiger partial charge in [-0.25, -0.2) is 9.97 Å². The van der Waals surface area contributed by atoms with Gasteiger partial charge in [0.15, 0.2) is 0 Å². The average molecular weight is 267 g/mol. The molecule has 19 heavy (non-hydrogen) atoms. The molecule has 1 aromatic carbocycles. The molecule has 0 N–H and O–H groups in total. The quantitative estimate of drug-likeness (QED) is 0.679. The molecular formula is C15H13N3S. The number of hydrogen-bond acceptors (Lipinski definition) is 4. The average Bonchev–Trinajstić information content (AvgIpc) is 2.46. The van der Waals surface area contributed by atoms with Crippen molar-refractivity contribution < 1.29 is 0 Å². The van der Waals surface area contributed by atoms with Crippen LogP contribution in [0.2, 0.25) is 0 Å². The maximum Gasteiger partial charge on any atom is 0.118 e. The molecule has 3 aromatic rings. The van der Waals surface area contributed by atoms with Gasteiger partial charge in [-0.3, -0.25) is 4.98 Å². The molecule has 0 saturated carbocycles. The van der Waals surface area contributed by atoms with E-state index in [4.69, 9.17) is 0 Å². The molecule has 0 atom stereocenters. The summed E-state index contributed by atoms with van der Waals surface area (Å²) < 4.78 is 0. The van der Waals surface area contributed by atoms with Crippen LogP contribution in [0, 0.1) is 6.92 Å². The zero-order chi connectivity index (χ0) is 13.1. The van der Waals surface area contributed by atoms with Crippen molar-refractivity contribution in [2.45, 2.75) is 17.7 Å². The van der Waals surface area contributed by atoms with Gasteiger partial charge in [-0.2, -0.15) is 0 Å². The van der Waals surface area contributed by atoms with Gasteiger partial charge in [0.1, 0.15) is 5.03 Å². The van der Waals surface area contributed by atoms with E-state index in [0.717, 1.165) is 27.5 Å². The summed E-state index contributed by atoms with van der Waals surface area (Å²) in [7, 11) is 0. The number of aryl methyl sites for hydroxylation is 1. The fourth-order valence-electron chi connectivity index (χ4n) is 1.84. The summed E-state index contributed by atoms with van der Waals surface area (Å²) in [6.45, 7) is 2.00. The SMILES string of the molecule is Cc1nc2ccccc2nc1SCc1cccnc1. The predicted octanol–water partition coefficient (Wildman–Crippen LogP) is 3.63. The van der Waals surface area contributed by atoms with Gasteiger partial charge in [0, 0.05) is 18.1 Å². The highest BCUT2D eigenvalue weighted by atomic mass is 32.2. The summed E-state index contributed by atoms with van der Waals surface area (Å²) >= 11 is 1.70. The van der Waals surface area contributed by atoms with Crippen molar-refractivity contribution in [2.24, 2.45) is 0 Å². The third-order valence-electron chi connectivity index (χ3n) is 2.80. The van der Waals surface area contributed by atoms with Crippen molar-refractivity contribution in [3.05, 3.63) is 60.0 Å². The van der Waals surface area contributed by atoms with Crippen LogP contribution in [-0.2, 0) is 5.75 Å². The first kappa shape index (κ1) is 12.1. The molecule has 0 spiro atoms.